The number of aromatic nitrogens is 1. The number of nitrogens with one attached hydrogen (secondary N) is 3. The van der Waals surface area contributed by atoms with Crippen molar-refractivity contribution in [2.75, 3.05) is 39.5 Å². The zero-order valence-corrected chi connectivity index (χ0v) is 20.0. The van der Waals surface area contributed by atoms with Crippen molar-refractivity contribution in [1.29, 1.82) is 0 Å². The van der Waals surface area contributed by atoms with Gasteiger partial charge in [-0.15, -0.1) is 24.0 Å². The molecule has 0 bridgehead atoms. The molecule has 0 atom stereocenters. The van der Waals surface area contributed by atoms with Crippen molar-refractivity contribution >= 4 is 53.1 Å². The maximum Gasteiger partial charge on any atom is 0.238 e. The number of likely N-dealkylation sites (N-methyl/N-ethyl adjacent to an activating group) is 1. The SMILES string of the molecule is CN=C(NCCc1ccc(Cl)nc1)NCc1cccc(NC(=O)CN(C)C)c1.I. The van der Waals surface area contributed by atoms with Crippen LogP contribution in [0, 0.1) is 0 Å². The van der Waals surface area contributed by atoms with Gasteiger partial charge in [0.2, 0.25) is 5.91 Å². The van der Waals surface area contributed by atoms with Crippen molar-refractivity contribution in [3.63, 3.8) is 0 Å². The lowest BCUT2D eigenvalue weighted by Gasteiger charge is -2.13. The highest BCUT2D eigenvalue weighted by Crippen LogP contribution is 2.10. The predicted octanol–water partition coefficient (Wildman–Crippen LogP) is 2.76. The topological polar surface area (TPSA) is 81.6 Å². The van der Waals surface area contributed by atoms with Gasteiger partial charge in [0, 0.05) is 32.0 Å². The third kappa shape index (κ3) is 9.91. The number of nitrogens with zero attached hydrogens (tertiary/aromatic N) is 3. The van der Waals surface area contributed by atoms with Crippen LogP contribution in [-0.4, -0.2) is 56.0 Å². The molecule has 0 radical (unpaired) electrons. The van der Waals surface area contributed by atoms with Crippen molar-refractivity contribution in [2.24, 2.45) is 4.99 Å². The van der Waals surface area contributed by atoms with Crippen LogP contribution in [0.15, 0.2) is 47.6 Å². The average Bonchev–Trinajstić information content (AvgIpc) is 2.65. The summed E-state index contributed by atoms with van der Waals surface area (Å²) in [6.45, 7) is 1.67. The summed E-state index contributed by atoms with van der Waals surface area (Å²) in [5, 5.41) is 9.95. The number of anilines is 1. The van der Waals surface area contributed by atoms with E-state index in [-0.39, 0.29) is 29.9 Å². The summed E-state index contributed by atoms with van der Waals surface area (Å²) < 4.78 is 0. The molecule has 9 heteroatoms. The van der Waals surface area contributed by atoms with Crippen LogP contribution >= 0.6 is 35.6 Å². The maximum absolute atomic E-state index is 11.9. The molecular formula is C20H28ClIN6O. The van der Waals surface area contributed by atoms with Crippen LogP contribution in [0.2, 0.25) is 5.15 Å². The average molecular weight is 531 g/mol. The molecular weight excluding hydrogens is 503 g/mol. The molecule has 0 saturated carbocycles. The van der Waals surface area contributed by atoms with E-state index in [0.717, 1.165) is 29.8 Å². The summed E-state index contributed by atoms with van der Waals surface area (Å²) in [5.74, 6) is 0.674. The van der Waals surface area contributed by atoms with Crippen molar-refractivity contribution in [3.8, 4) is 0 Å². The van der Waals surface area contributed by atoms with Gasteiger partial charge in [0.15, 0.2) is 5.96 Å². The van der Waals surface area contributed by atoms with Crippen LogP contribution in [0.1, 0.15) is 11.1 Å². The Kier molecular flexibility index (Phi) is 11.6. The first-order valence-corrected chi connectivity index (χ1v) is 9.42. The Morgan fingerprint density at radius 2 is 1.97 bits per heavy atom. The van der Waals surface area contributed by atoms with Gasteiger partial charge in [0.1, 0.15) is 5.15 Å². The number of hydrogen-bond donors (Lipinski definition) is 3. The zero-order valence-electron chi connectivity index (χ0n) is 16.9. The van der Waals surface area contributed by atoms with Gasteiger partial charge in [-0.25, -0.2) is 4.98 Å². The van der Waals surface area contributed by atoms with Crippen molar-refractivity contribution in [2.45, 2.75) is 13.0 Å². The third-order valence-electron chi connectivity index (χ3n) is 3.85. The molecule has 29 heavy (non-hydrogen) atoms. The number of rotatable bonds is 8. The Bertz CT molecular complexity index is 798. The van der Waals surface area contributed by atoms with E-state index in [1.165, 1.54) is 0 Å². The lowest BCUT2D eigenvalue weighted by Crippen LogP contribution is -2.37. The largest absolute Gasteiger partial charge is 0.356 e. The monoisotopic (exact) mass is 530 g/mol. The van der Waals surface area contributed by atoms with Gasteiger partial charge in [0.25, 0.3) is 0 Å². The molecule has 1 aromatic carbocycles. The van der Waals surface area contributed by atoms with Crippen molar-refractivity contribution in [3.05, 3.63) is 58.9 Å². The minimum atomic E-state index is -0.0377. The van der Waals surface area contributed by atoms with Gasteiger partial charge in [-0.2, -0.15) is 0 Å². The van der Waals surface area contributed by atoms with E-state index in [2.05, 4.69) is 25.9 Å². The zero-order chi connectivity index (χ0) is 20.4. The van der Waals surface area contributed by atoms with E-state index in [1.54, 1.807) is 19.3 Å². The number of amides is 1. The van der Waals surface area contributed by atoms with E-state index in [9.17, 15) is 4.79 Å². The van der Waals surface area contributed by atoms with Crippen LogP contribution in [0.3, 0.4) is 0 Å². The van der Waals surface area contributed by atoms with Gasteiger partial charge >= 0.3 is 0 Å². The Balaban J connectivity index is 0.00000420. The highest BCUT2D eigenvalue weighted by atomic mass is 127. The second kappa shape index (κ2) is 13.3. The molecule has 0 aliphatic heterocycles. The van der Waals surface area contributed by atoms with Gasteiger partial charge in [-0.1, -0.05) is 29.8 Å². The molecule has 1 heterocycles. The molecule has 7 nitrogen and oxygen atoms in total. The van der Waals surface area contributed by atoms with Gasteiger partial charge in [0.05, 0.1) is 6.54 Å². The minimum absolute atomic E-state index is 0. The number of hydrogen-bond acceptors (Lipinski definition) is 4. The van der Waals surface area contributed by atoms with E-state index in [0.29, 0.717) is 24.2 Å². The summed E-state index contributed by atoms with van der Waals surface area (Å²) in [5.41, 5.74) is 2.94. The van der Waals surface area contributed by atoms with Crippen LogP contribution in [0.25, 0.3) is 0 Å². The van der Waals surface area contributed by atoms with Crippen LogP contribution in [0.5, 0.6) is 0 Å². The molecule has 0 fully saturated rings. The van der Waals surface area contributed by atoms with E-state index in [4.69, 9.17) is 11.6 Å². The number of carbonyl (C=O) groups is 1. The Morgan fingerprint density at radius 1 is 1.17 bits per heavy atom. The number of guanidine groups is 1. The summed E-state index contributed by atoms with van der Waals surface area (Å²) in [7, 11) is 5.46. The third-order valence-corrected chi connectivity index (χ3v) is 4.07. The fraction of sp³-hybridized carbons (Fsp3) is 0.350. The van der Waals surface area contributed by atoms with E-state index < -0.39 is 0 Å². The molecule has 0 unspecified atom stereocenters. The second-order valence-electron chi connectivity index (χ2n) is 6.58. The number of halogens is 2. The van der Waals surface area contributed by atoms with Crippen LogP contribution in [0.4, 0.5) is 5.69 Å². The molecule has 1 amide bonds. The fourth-order valence-corrected chi connectivity index (χ4v) is 2.64. The fourth-order valence-electron chi connectivity index (χ4n) is 2.53. The first kappa shape index (κ1) is 25.1. The van der Waals surface area contributed by atoms with Crippen molar-refractivity contribution < 1.29 is 4.79 Å². The summed E-state index contributed by atoms with van der Waals surface area (Å²) >= 11 is 5.80. The Morgan fingerprint density at radius 3 is 2.62 bits per heavy atom. The van der Waals surface area contributed by atoms with Crippen molar-refractivity contribution in [1.82, 2.24) is 20.5 Å². The van der Waals surface area contributed by atoms with Crippen LogP contribution in [-0.2, 0) is 17.8 Å². The normalized spacial score (nSPS) is 11.0. The molecule has 1 aromatic heterocycles. The quantitative estimate of drug-likeness (QED) is 0.212. The number of benzene rings is 1. The standard InChI is InChI=1S/C20H27ClN6O.HI/c1-22-20(23-10-9-15-7-8-18(21)24-12-15)25-13-16-5-4-6-17(11-16)26-19(28)14-27(2)3;/h4-8,11-12H,9-10,13-14H2,1-3H3,(H,26,28)(H2,22,23,25);1H. The number of aliphatic imine (C=N–C) groups is 1. The van der Waals surface area contributed by atoms with Gasteiger partial charge in [-0.3, -0.25) is 9.79 Å². The van der Waals surface area contributed by atoms with E-state index in [1.807, 2.05) is 49.3 Å². The first-order valence-electron chi connectivity index (χ1n) is 9.04. The minimum Gasteiger partial charge on any atom is -0.356 e. The highest BCUT2D eigenvalue weighted by Gasteiger charge is 2.05. The number of carbonyl (C=O) groups excluding carboxylic acids is 1. The van der Waals surface area contributed by atoms with Gasteiger partial charge in [-0.05, 0) is 49.8 Å². The molecule has 0 saturated heterocycles. The summed E-state index contributed by atoms with van der Waals surface area (Å²) in [4.78, 5) is 22.0. The number of pyridine rings is 1. The molecule has 3 N–H and O–H groups in total. The summed E-state index contributed by atoms with van der Waals surface area (Å²) in [6, 6.07) is 11.5. The van der Waals surface area contributed by atoms with E-state index >= 15 is 0 Å². The molecule has 0 aliphatic carbocycles. The van der Waals surface area contributed by atoms with Crippen LogP contribution < -0.4 is 16.0 Å². The smallest absolute Gasteiger partial charge is 0.238 e. The molecule has 0 spiro atoms. The molecule has 158 valence electrons. The molecule has 0 aliphatic rings. The Labute approximate surface area is 194 Å². The maximum atomic E-state index is 11.9. The highest BCUT2D eigenvalue weighted by molar-refractivity contribution is 14.0. The second-order valence-corrected chi connectivity index (χ2v) is 6.97. The predicted molar refractivity (Wildman–Crippen MR) is 130 cm³/mol. The lowest BCUT2D eigenvalue weighted by molar-refractivity contribution is -0.116. The molecule has 2 rings (SSSR count). The molecule has 2 aromatic rings. The first-order chi connectivity index (χ1) is 13.5. The summed E-state index contributed by atoms with van der Waals surface area (Å²) in [6.07, 6.45) is 2.59. The van der Waals surface area contributed by atoms with Gasteiger partial charge < -0.3 is 20.9 Å². The Hall–Kier alpha value is -1.91. The lowest BCUT2D eigenvalue weighted by atomic mass is 10.2.